The van der Waals surface area contributed by atoms with Crippen LogP contribution in [-0.2, 0) is 27.9 Å². The first-order valence-electron chi connectivity index (χ1n) is 3.90. The zero-order valence-electron chi connectivity index (χ0n) is 8.31. The van der Waals surface area contributed by atoms with Crippen molar-refractivity contribution in [2.75, 3.05) is 20.8 Å². The summed E-state index contributed by atoms with van der Waals surface area (Å²) in [6.07, 6.45) is -0.604. The molecule has 0 aliphatic carbocycles. The fourth-order valence-electron chi connectivity index (χ4n) is 0.710. The molecule has 7 heteroatoms. The number of ether oxygens (including phenoxy) is 1. The van der Waals surface area contributed by atoms with E-state index in [1.54, 1.807) is 6.92 Å². The molecule has 0 spiro atoms. The van der Waals surface area contributed by atoms with Crippen LogP contribution in [0.5, 0.6) is 0 Å². The summed E-state index contributed by atoms with van der Waals surface area (Å²) in [7, 11) is -1.64. The number of rotatable bonds is 6. The number of carbonyl (C=O) groups excluding carboxylic acids is 2. The van der Waals surface area contributed by atoms with Crippen molar-refractivity contribution >= 4 is 19.1 Å². The van der Waals surface area contributed by atoms with Gasteiger partial charge in [-0.2, -0.15) is 0 Å². The van der Waals surface area contributed by atoms with Gasteiger partial charge in [-0.1, -0.05) is 0 Å². The topological polar surface area (TPSA) is 78.9 Å². The van der Waals surface area contributed by atoms with E-state index in [1.165, 1.54) is 0 Å². The fraction of sp³-hybridized carbons (Fsp3) is 0.714. The zero-order chi connectivity index (χ0) is 11.2. The van der Waals surface area contributed by atoms with Gasteiger partial charge in [0.2, 0.25) is 0 Å². The van der Waals surface area contributed by atoms with Crippen molar-refractivity contribution in [1.29, 1.82) is 0 Å². The Kier molecular flexibility index (Phi) is 5.60. The second kappa shape index (κ2) is 5.90. The molecular formula is C7H13O6P. The molecule has 0 aromatic rings. The SMILES string of the molecule is CCOC(=O)CC(=O)P(=O)(OC)OC. The van der Waals surface area contributed by atoms with Gasteiger partial charge in [0.25, 0.3) is 5.52 Å². The van der Waals surface area contributed by atoms with Gasteiger partial charge >= 0.3 is 13.6 Å². The monoisotopic (exact) mass is 224 g/mol. The zero-order valence-corrected chi connectivity index (χ0v) is 9.21. The predicted molar refractivity (Wildman–Crippen MR) is 47.9 cm³/mol. The van der Waals surface area contributed by atoms with Crippen LogP contribution in [0.15, 0.2) is 0 Å². The molecule has 0 amide bonds. The summed E-state index contributed by atoms with van der Waals surface area (Å²) in [5.41, 5.74) is -0.902. The van der Waals surface area contributed by atoms with Crippen LogP contribution in [0.3, 0.4) is 0 Å². The van der Waals surface area contributed by atoms with E-state index in [1.807, 2.05) is 0 Å². The van der Waals surface area contributed by atoms with Crippen LogP contribution in [0.1, 0.15) is 13.3 Å². The third kappa shape index (κ3) is 3.57. The Labute approximate surface area is 82.1 Å². The van der Waals surface area contributed by atoms with Gasteiger partial charge in [-0.15, -0.1) is 0 Å². The largest absolute Gasteiger partial charge is 0.466 e. The van der Waals surface area contributed by atoms with Gasteiger partial charge in [-0.25, -0.2) is 0 Å². The lowest BCUT2D eigenvalue weighted by Crippen LogP contribution is -2.12. The highest BCUT2D eigenvalue weighted by Gasteiger charge is 2.33. The molecule has 0 saturated carbocycles. The minimum absolute atomic E-state index is 0.163. The quantitative estimate of drug-likeness (QED) is 0.379. The first-order valence-corrected chi connectivity index (χ1v) is 5.45. The average Bonchev–Trinajstić information content (AvgIpc) is 2.16. The van der Waals surface area contributed by atoms with Crippen molar-refractivity contribution in [3.63, 3.8) is 0 Å². The minimum Gasteiger partial charge on any atom is -0.466 e. The highest BCUT2D eigenvalue weighted by Crippen LogP contribution is 2.48. The van der Waals surface area contributed by atoms with Crippen molar-refractivity contribution in [2.45, 2.75) is 13.3 Å². The number of esters is 1. The van der Waals surface area contributed by atoms with Crippen LogP contribution in [0.4, 0.5) is 0 Å². The van der Waals surface area contributed by atoms with E-state index in [4.69, 9.17) is 0 Å². The highest BCUT2D eigenvalue weighted by molar-refractivity contribution is 7.71. The first kappa shape index (κ1) is 13.3. The molecule has 0 aromatic heterocycles. The van der Waals surface area contributed by atoms with Crippen LogP contribution in [-0.4, -0.2) is 32.3 Å². The van der Waals surface area contributed by atoms with E-state index in [2.05, 4.69) is 13.8 Å². The van der Waals surface area contributed by atoms with Crippen LogP contribution in [0, 0.1) is 0 Å². The molecule has 0 bridgehead atoms. The third-order valence-corrected chi connectivity index (χ3v) is 3.12. The second-order valence-corrected chi connectivity index (χ2v) is 4.46. The van der Waals surface area contributed by atoms with E-state index in [9.17, 15) is 14.2 Å². The van der Waals surface area contributed by atoms with Crippen molar-refractivity contribution in [3.05, 3.63) is 0 Å². The van der Waals surface area contributed by atoms with Gasteiger partial charge in [-0.3, -0.25) is 14.2 Å². The van der Waals surface area contributed by atoms with Crippen molar-refractivity contribution in [1.82, 2.24) is 0 Å². The van der Waals surface area contributed by atoms with Crippen molar-refractivity contribution in [3.8, 4) is 0 Å². The normalized spacial score (nSPS) is 11.1. The van der Waals surface area contributed by atoms with E-state index in [0.717, 1.165) is 14.2 Å². The van der Waals surface area contributed by atoms with Crippen molar-refractivity contribution in [2.24, 2.45) is 0 Å². The van der Waals surface area contributed by atoms with Gasteiger partial charge in [0, 0.05) is 14.2 Å². The Morgan fingerprint density at radius 1 is 1.21 bits per heavy atom. The van der Waals surface area contributed by atoms with E-state index < -0.39 is 25.5 Å². The Hall–Kier alpha value is -0.710. The lowest BCUT2D eigenvalue weighted by atomic mass is 10.5. The number of carbonyl (C=O) groups is 2. The molecule has 0 radical (unpaired) electrons. The Balaban J connectivity index is 4.33. The summed E-state index contributed by atoms with van der Waals surface area (Å²) < 4.78 is 24.7. The summed E-state index contributed by atoms with van der Waals surface area (Å²) in [6.45, 7) is 1.77. The Morgan fingerprint density at radius 2 is 1.71 bits per heavy atom. The molecule has 0 N–H and O–H groups in total. The average molecular weight is 224 g/mol. The first-order chi connectivity index (χ1) is 6.50. The van der Waals surface area contributed by atoms with Gasteiger partial charge < -0.3 is 13.8 Å². The van der Waals surface area contributed by atoms with Gasteiger partial charge in [0.15, 0.2) is 0 Å². The van der Waals surface area contributed by atoms with Crippen LogP contribution in [0.25, 0.3) is 0 Å². The number of hydrogen-bond donors (Lipinski definition) is 0. The summed E-state index contributed by atoms with van der Waals surface area (Å²) >= 11 is 0. The van der Waals surface area contributed by atoms with E-state index in [0.29, 0.717) is 0 Å². The molecule has 0 aliphatic heterocycles. The molecule has 0 atom stereocenters. The van der Waals surface area contributed by atoms with Crippen LogP contribution >= 0.6 is 7.60 Å². The standard InChI is InChI=1S/C7H13O6P/c1-4-13-6(8)5-7(9)14(10,11-2)12-3/h4-5H2,1-3H3. The van der Waals surface area contributed by atoms with Gasteiger partial charge in [-0.05, 0) is 6.92 Å². The van der Waals surface area contributed by atoms with Crippen LogP contribution in [0.2, 0.25) is 0 Å². The minimum atomic E-state index is -3.79. The van der Waals surface area contributed by atoms with Gasteiger partial charge in [0.1, 0.15) is 6.42 Å². The van der Waals surface area contributed by atoms with Crippen LogP contribution < -0.4 is 0 Å². The maximum atomic E-state index is 11.4. The molecule has 0 fully saturated rings. The van der Waals surface area contributed by atoms with E-state index >= 15 is 0 Å². The van der Waals surface area contributed by atoms with E-state index in [-0.39, 0.29) is 6.61 Å². The second-order valence-electron chi connectivity index (χ2n) is 2.24. The summed E-state index contributed by atoms with van der Waals surface area (Å²) in [4.78, 5) is 22.1. The lowest BCUT2D eigenvalue weighted by Gasteiger charge is -2.10. The lowest BCUT2D eigenvalue weighted by molar-refractivity contribution is -0.144. The molecule has 0 rings (SSSR count). The maximum absolute atomic E-state index is 11.4. The van der Waals surface area contributed by atoms with Gasteiger partial charge in [0.05, 0.1) is 6.61 Å². The smallest absolute Gasteiger partial charge is 0.396 e. The summed E-state index contributed by atoms with van der Waals surface area (Å²) in [5.74, 6) is -0.744. The summed E-state index contributed by atoms with van der Waals surface area (Å²) in [5, 5.41) is 0. The fourth-order valence-corrected chi connectivity index (χ4v) is 1.59. The Morgan fingerprint density at radius 3 is 2.07 bits per heavy atom. The molecule has 0 aliphatic rings. The molecule has 6 nitrogen and oxygen atoms in total. The molecule has 82 valence electrons. The molecule has 0 unspecified atom stereocenters. The predicted octanol–water partition coefficient (Wildman–Crippen LogP) is 0.952. The summed E-state index contributed by atoms with van der Waals surface area (Å²) in [6, 6.07) is 0. The maximum Gasteiger partial charge on any atom is 0.396 e. The van der Waals surface area contributed by atoms with Crippen molar-refractivity contribution < 1.29 is 27.9 Å². The molecule has 0 aromatic carbocycles. The molecular weight excluding hydrogens is 211 g/mol. The molecule has 0 heterocycles. The third-order valence-electron chi connectivity index (χ3n) is 1.39. The highest BCUT2D eigenvalue weighted by atomic mass is 31.2. The number of hydrogen-bond acceptors (Lipinski definition) is 6. The Bertz CT molecular complexity index is 253. The molecule has 14 heavy (non-hydrogen) atoms. The molecule has 0 saturated heterocycles.